The van der Waals surface area contributed by atoms with Crippen molar-refractivity contribution in [1.82, 2.24) is 15.2 Å². The number of fused-ring (bicyclic) bond motifs is 2. The number of carbonyl (C=O) groups is 2. The Kier molecular flexibility index (Phi) is 6.84. The van der Waals surface area contributed by atoms with Gasteiger partial charge in [0.05, 0.1) is 0 Å². The molecular weight excluding hydrogens is 472 g/mol. The lowest BCUT2D eigenvalue weighted by Crippen LogP contribution is -2.54. The van der Waals surface area contributed by atoms with Crippen molar-refractivity contribution in [3.63, 3.8) is 0 Å². The largest absolute Gasteiger partial charge is 0.361 e. The first kappa shape index (κ1) is 24.8. The first-order chi connectivity index (χ1) is 17.2. The predicted octanol–water partition coefficient (Wildman–Crippen LogP) is 4.83. The molecule has 6 nitrogen and oxygen atoms in total. The normalized spacial score (nSPS) is 22.8. The number of carbonyl (C=O) groups excluding carboxylic acids is 2. The van der Waals surface area contributed by atoms with Crippen molar-refractivity contribution >= 4 is 40.0 Å². The molecule has 1 aliphatic carbocycles. The topological polar surface area (TPSA) is 68.4 Å². The number of amides is 2. The van der Waals surface area contributed by atoms with E-state index in [1.165, 1.54) is 0 Å². The van der Waals surface area contributed by atoms with E-state index in [0.29, 0.717) is 17.5 Å². The number of H-pyrrole nitrogens is 1. The number of hydrogen-bond acceptors (Lipinski definition) is 3. The molecule has 3 aromatic rings. The van der Waals surface area contributed by atoms with E-state index in [-0.39, 0.29) is 29.6 Å². The number of hydrogen-bond donors (Lipinski definition) is 2. The Hall–Kier alpha value is -2.83. The summed E-state index contributed by atoms with van der Waals surface area (Å²) in [5, 5.41) is 4.93. The van der Waals surface area contributed by atoms with Gasteiger partial charge in [-0.1, -0.05) is 43.6 Å². The van der Waals surface area contributed by atoms with Gasteiger partial charge in [0.1, 0.15) is 6.04 Å². The summed E-state index contributed by atoms with van der Waals surface area (Å²) in [6.45, 7) is 5.60. The van der Waals surface area contributed by atoms with Crippen molar-refractivity contribution < 1.29 is 9.59 Å². The molecule has 2 aromatic carbocycles. The summed E-state index contributed by atoms with van der Waals surface area (Å²) >= 11 is 6.34. The number of nitrogens with zero attached hydrogens (tertiary/aromatic N) is 2. The van der Waals surface area contributed by atoms with Crippen LogP contribution in [0.1, 0.15) is 37.3 Å². The van der Waals surface area contributed by atoms with Crippen molar-refractivity contribution in [2.75, 3.05) is 32.1 Å². The van der Waals surface area contributed by atoms with E-state index in [1.807, 2.05) is 54.4 Å². The highest BCUT2D eigenvalue weighted by molar-refractivity contribution is 6.30. The van der Waals surface area contributed by atoms with Crippen LogP contribution in [-0.4, -0.2) is 54.9 Å². The van der Waals surface area contributed by atoms with E-state index < -0.39 is 6.04 Å². The van der Waals surface area contributed by atoms with Crippen LogP contribution in [-0.2, 0) is 16.0 Å². The van der Waals surface area contributed by atoms with Crippen molar-refractivity contribution in [2.24, 2.45) is 17.8 Å². The van der Waals surface area contributed by atoms with E-state index in [0.717, 1.165) is 47.1 Å². The standard InChI is InChI=1S/C29H35ClN4O2/c1-17-11-23(17)28(35)32-27(18(2)24-14-31-25-8-6-5-7-22(24)25)29(36)34-16-19(15-33(3)4)12-20-13-21(30)9-10-26(20)34/h5-10,13-14,17-19,23,27,31H,11-12,15-16H2,1-4H3,(H,32,35)/t17?,18?,19-,23?,27?/m1/s1. The molecule has 2 amide bonds. The Morgan fingerprint density at radius 1 is 1.22 bits per heavy atom. The lowest BCUT2D eigenvalue weighted by Gasteiger charge is -2.38. The summed E-state index contributed by atoms with van der Waals surface area (Å²) in [6, 6.07) is 13.2. The highest BCUT2D eigenvalue weighted by atomic mass is 35.5. The summed E-state index contributed by atoms with van der Waals surface area (Å²) in [7, 11) is 4.11. The van der Waals surface area contributed by atoms with E-state index >= 15 is 0 Å². The molecule has 0 bridgehead atoms. The summed E-state index contributed by atoms with van der Waals surface area (Å²) in [6.07, 6.45) is 3.72. The number of anilines is 1. The Labute approximate surface area is 218 Å². The van der Waals surface area contributed by atoms with E-state index in [9.17, 15) is 9.59 Å². The summed E-state index contributed by atoms with van der Waals surface area (Å²) in [5.74, 6) is 0.331. The third-order valence-corrected chi connectivity index (χ3v) is 8.03. The minimum Gasteiger partial charge on any atom is -0.361 e. The fourth-order valence-corrected chi connectivity index (χ4v) is 5.92. The van der Waals surface area contributed by atoms with Crippen LogP contribution >= 0.6 is 11.6 Å². The van der Waals surface area contributed by atoms with Gasteiger partial charge in [-0.05, 0) is 74.2 Å². The molecule has 5 rings (SSSR count). The molecule has 1 fully saturated rings. The van der Waals surface area contributed by atoms with Crippen molar-refractivity contribution in [1.29, 1.82) is 0 Å². The lowest BCUT2D eigenvalue weighted by atomic mass is 9.88. The van der Waals surface area contributed by atoms with E-state index in [2.05, 4.69) is 42.3 Å². The van der Waals surface area contributed by atoms with E-state index in [1.54, 1.807) is 0 Å². The fraction of sp³-hybridized carbons (Fsp3) is 0.448. The Morgan fingerprint density at radius 2 is 1.97 bits per heavy atom. The van der Waals surface area contributed by atoms with Crippen LogP contribution in [0, 0.1) is 17.8 Å². The molecule has 0 spiro atoms. The minimum absolute atomic E-state index is 0.00981. The van der Waals surface area contributed by atoms with Crippen LogP contribution < -0.4 is 10.2 Å². The van der Waals surface area contributed by atoms with Gasteiger partial charge in [0.15, 0.2) is 0 Å². The molecule has 0 saturated heterocycles. The number of aromatic nitrogens is 1. The van der Waals surface area contributed by atoms with Gasteiger partial charge >= 0.3 is 0 Å². The third-order valence-electron chi connectivity index (χ3n) is 7.79. The van der Waals surface area contributed by atoms with Crippen LogP contribution in [0.5, 0.6) is 0 Å². The van der Waals surface area contributed by atoms with Crippen LogP contribution in [0.2, 0.25) is 5.02 Å². The molecule has 0 radical (unpaired) electrons. The SMILES string of the molecule is CC1CC1C(=O)NC(C(=O)N1C[C@@H](CN(C)C)Cc2cc(Cl)ccc21)C(C)c1c[nH]c2ccccc12. The molecule has 2 aliphatic rings. The van der Waals surface area contributed by atoms with Crippen molar-refractivity contribution in [3.05, 3.63) is 64.8 Å². The monoisotopic (exact) mass is 506 g/mol. The molecule has 4 unspecified atom stereocenters. The molecule has 36 heavy (non-hydrogen) atoms. The van der Waals surface area contributed by atoms with Crippen molar-refractivity contribution in [2.45, 2.75) is 38.6 Å². The van der Waals surface area contributed by atoms with Crippen molar-refractivity contribution in [3.8, 4) is 0 Å². The smallest absolute Gasteiger partial charge is 0.250 e. The zero-order valence-electron chi connectivity index (χ0n) is 21.4. The molecular formula is C29H35ClN4O2. The quantitative estimate of drug-likeness (QED) is 0.482. The van der Waals surface area contributed by atoms with E-state index in [4.69, 9.17) is 11.6 Å². The van der Waals surface area contributed by atoms with Gasteiger partial charge in [-0.25, -0.2) is 0 Å². The number of rotatable bonds is 7. The molecule has 2 N–H and O–H groups in total. The fourth-order valence-electron chi connectivity index (χ4n) is 5.73. The Morgan fingerprint density at radius 3 is 2.69 bits per heavy atom. The van der Waals surface area contributed by atoms with Gasteiger partial charge in [0, 0.05) is 52.7 Å². The summed E-state index contributed by atoms with van der Waals surface area (Å²) < 4.78 is 0. The average molecular weight is 507 g/mol. The molecule has 1 aliphatic heterocycles. The molecule has 2 heterocycles. The predicted molar refractivity (Wildman–Crippen MR) is 145 cm³/mol. The van der Waals surface area contributed by atoms with Gasteiger partial charge in [0.25, 0.3) is 0 Å². The van der Waals surface area contributed by atoms with Crippen LogP contribution in [0.4, 0.5) is 5.69 Å². The number of benzene rings is 2. The van der Waals surface area contributed by atoms with Gasteiger partial charge < -0.3 is 20.1 Å². The molecule has 5 atom stereocenters. The van der Waals surface area contributed by atoms with Crippen LogP contribution in [0.25, 0.3) is 10.9 Å². The zero-order chi connectivity index (χ0) is 25.6. The summed E-state index contributed by atoms with van der Waals surface area (Å²) in [5.41, 5.74) is 4.03. The number of para-hydroxylation sites is 1. The maximum Gasteiger partial charge on any atom is 0.250 e. The maximum atomic E-state index is 14.4. The van der Waals surface area contributed by atoms with Gasteiger partial charge in [-0.2, -0.15) is 0 Å². The first-order valence-corrected chi connectivity index (χ1v) is 13.2. The minimum atomic E-state index is -0.675. The summed E-state index contributed by atoms with van der Waals surface area (Å²) in [4.78, 5) is 34.9. The number of halogens is 1. The highest BCUT2D eigenvalue weighted by Gasteiger charge is 2.43. The van der Waals surface area contributed by atoms with Crippen LogP contribution in [0.15, 0.2) is 48.7 Å². The third kappa shape index (κ3) is 4.89. The second kappa shape index (κ2) is 9.91. The second-order valence-corrected chi connectivity index (χ2v) is 11.4. The van der Waals surface area contributed by atoms with Gasteiger partial charge in [-0.15, -0.1) is 0 Å². The molecule has 1 saturated carbocycles. The Bertz CT molecular complexity index is 1290. The average Bonchev–Trinajstić information content (AvgIpc) is 3.42. The highest BCUT2D eigenvalue weighted by Crippen LogP contribution is 2.39. The molecule has 1 aromatic heterocycles. The zero-order valence-corrected chi connectivity index (χ0v) is 22.2. The molecule has 7 heteroatoms. The van der Waals surface area contributed by atoms with Gasteiger partial charge in [-0.3, -0.25) is 9.59 Å². The Balaban J connectivity index is 1.51. The second-order valence-electron chi connectivity index (χ2n) is 10.9. The van der Waals surface area contributed by atoms with Gasteiger partial charge in [0.2, 0.25) is 11.8 Å². The maximum absolute atomic E-state index is 14.4. The number of aromatic amines is 1. The number of nitrogens with one attached hydrogen (secondary N) is 2. The molecule has 190 valence electrons. The van der Waals surface area contributed by atoms with Crippen LogP contribution in [0.3, 0.4) is 0 Å². The lowest BCUT2D eigenvalue weighted by molar-refractivity contribution is -0.129. The first-order valence-electron chi connectivity index (χ1n) is 12.8.